The van der Waals surface area contributed by atoms with E-state index in [1.54, 1.807) is 0 Å². The van der Waals surface area contributed by atoms with E-state index in [-0.39, 0.29) is 5.54 Å². The number of hydrogen-bond donors (Lipinski definition) is 1. The van der Waals surface area contributed by atoms with E-state index in [4.69, 9.17) is 5.73 Å². The van der Waals surface area contributed by atoms with Gasteiger partial charge in [0.25, 0.3) is 0 Å². The third-order valence-electron chi connectivity index (χ3n) is 4.69. The van der Waals surface area contributed by atoms with Crippen LogP contribution in [0.2, 0.25) is 0 Å². The van der Waals surface area contributed by atoms with Crippen molar-refractivity contribution in [3.05, 3.63) is 35.9 Å². The quantitative estimate of drug-likeness (QED) is 0.848. The summed E-state index contributed by atoms with van der Waals surface area (Å²) in [5.41, 5.74) is 7.97. The second-order valence-corrected chi connectivity index (χ2v) is 5.93. The Morgan fingerprint density at radius 1 is 1.21 bits per heavy atom. The monoisotopic (exact) mass is 260 g/mol. The number of rotatable bonds is 6. The molecule has 106 valence electrons. The Kier molecular flexibility index (Phi) is 5.00. The molecule has 2 atom stereocenters. The van der Waals surface area contributed by atoms with Gasteiger partial charge in [0.2, 0.25) is 0 Å². The molecule has 0 bridgehead atoms. The highest BCUT2D eigenvalue weighted by Crippen LogP contribution is 2.32. The molecule has 19 heavy (non-hydrogen) atoms. The zero-order chi connectivity index (χ0) is 13.7. The van der Waals surface area contributed by atoms with Crippen molar-refractivity contribution in [1.82, 2.24) is 4.90 Å². The summed E-state index contributed by atoms with van der Waals surface area (Å²) < 4.78 is 0. The van der Waals surface area contributed by atoms with Crippen LogP contribution >= 0.6 is 0 Å². The third-order valence-corrected chi connectivity index (χ3v) is 4.69. The molecule has 0 aromatic heterocycles. The van der Waals surface area contributed by atoms with Crippen LogP contribution in [0.3, 0.4) is 0 Å². The van der Waals surface area contributed by atoms with Crippen molar-refractivity contribution in [2.45, 2.75) is 57.5 Å². The predicted molar refractivity (Wildman–Crippen MR) is 82.1 cm³/mol. The Morgan fingerprint density at radius 2 is 1.84 bits per heavy atom. The van der Waals surface area contributed by atoms with Gasteiger partial charge in [-0.1, -0.05) is 50.1 Å². The molecule has 1 fully saturated rings. The number of likely N-dealkylation sites (tertiary alicyclic amines) is 1. The van der Waals surface area contributed by atoms with Crippen molar-refractivity contribution in [2.24, 2.45) is 5.73 Å². The highest BCUT2D eigenvalue weighted by Gasteiger charge is 2.37. The van der Waals surface area contributed by atoms with Gasteiger partial charge in [-0.25, -0.2) is 0 Å². The molecule has 0 amide bonds. The summed E-state index contributed by atoms with van der Waals surface area (Å²) in [4.78, 5) is 2.57. The fraction of sp³-hybridized carbons (Fsp3) is 0.647. The smallest absolute Gasteiger partial charge is 0.0564 e. The van der Waals surface area contributed by atoms with Gasteiger partial charge in [0.15, 0.2) is 0 Å². The molecule has 2 rings (SSSR count). The molecule has 0 aliphatic carbocycles. The first-order valence-electron chi connectivity index (χ1n) is 7.77. The van der Waals surface area contributed by atoms with Gasteiger partial charge in [-0.15, -0.1) is 0 Å². The van der Waals surface area contributed by atoms with Crippen molar-refractivity contribution in [2.75, 3.05) is 13.1 Å². The Balaban J connectivity index is 2.22. The van der Waals surface area contributed by atoms with E-state index in [0.29, 0.717) is 6.04 Å². The SMILES string of the molecule is CCCCC(N)(c1ccccc1)C(C)N1CCCC1. The van der Waals surface area contributed by atoms with Crippen LogP contribution in [-0.4, -0.2) is 24.0 Å². The molecule has 1 aromatic rings. The third kappa shape index (κ3) is 3.18. The van der Waals surface area contributed by atoms with E-state index in [2.05, 4.69) is 49.1 Å². The first kappa shape index (κ1) is 14.5. The summed E-state index contributed by atoms with van der Waals surface area (Å²) >= 11 is 0. The summed E-state index contributed by atoms with van der Waals surface area (Å²) in [5, 5.41) is 0. The van der Waals surface area contributed by atoms with E-state index in [1.807, 2.05) is 0 Å². The highest BCUT2D eigenvalue weighted by molar-refractivity contribution is 5.26. The summed E-state index contributed by atoms with van der Waals surface area (Å²) in [6.07, 6.45) is 6.12. The van der Waals surface area contributed by atoms with Gasteiger partial charge in [-0.3, -0.25) is 4.90 Å². The number of benzene rings is 1. The van der Waals surface area contributed by atoms with Gasteiger partial charge in [0, 0.05) is 6.04 Å². The summed E-state index contributed by atoms with van der Waals surface area (Å²) in [6, 6.07) is 11.1. The second-order valence-electron chi connectivity index (χ2n) is 5.93. The molecule has 1 aromatic carbocycles. The number of nitrogens with zero attached hydrogens (tertiary/aromatic N) is 1. The van der Waals surface area contributed by atoms with Crippen LogP contribution in [0, 0.1) is 0 Å². The highest BCUT2D eigenvalue weighted by atomic mass is 15.2. The molecular weight excluding hydrogens is 232 g/mol. The Bertz CT molecular complexity index is 370. The summed E-state index contributed by atoms with van der Waals surface area (Å²) in [6.45, 7) is 6.97. The Labute approximate surface area is 118 Å². The molecule has 2 nitrogen and oxygen atoms in total. The van der Waals surface area contributed by atoms with Crippen molar-refractivity contribution >= 4 is 0 Å². The molecular formula is C17H28N2. The zero-order valence-corrected chi connectivity index (χ0v) is 12.4. The van der Waals surface area contributed by atoms with Gasteiger partial charge < -0.3 is 5.73 Å². The van der Waals surface area contributed by atoms with E-state index < -0.39 is 0 Å². The molecule has 2 unspecified atom stereocenters. The van der Waals surface area contributed by atoms with Crippen molar-refractivity contribution < 1.29 is 0 Å². The minimum absolute atomic E-state index is 0.207. The summed E-state index contributed by atoms with van der Waals surface area (Å²) in [7, 11) is 0. The molecule has 1 aliphatic rings. The van der Waals surface area contributed by atoms with Crippen LogP contribution < -0.4 is 5.73 Å². The lowest BCUT2D eigenvalue weighted by atomic mass is 9.79. The standard InChI is InChI=1S/C17H28N2/c1-3-4-12-17(18,16-10-6-5-7-11-16)15(2)19-13-8-9-14-19/h5-7,10-11,15H,3-4,8-9,12-14,18H2,1-2H3. The molecule has 1 heterocycles. The van der Waals surface area contributed by atoms with Gasteiger partial charge in [-0.2, -0.15) is 0 Å². The maximum absolute atomic E-state index is 6.89. The number of unbranched alkanes of at least 4 members (excludes halogenated alkanes) is 1. The van der Waals surface area contributed by atoms with E-state index in [0.717, 1.165) is 6.42 Å². The lowest BCUT2D eigenvalue weighted by Gasteiger charge is -2.41. The maximum Gasteiger partial charge on any atom is 0.0564 e. The second kappa shape index (κ2) is 6.53. The normalized spacial score (nSPS) is 21.2. The number of hydrogen-bond acceptors (Lipinski definition) is 2. The van der Waals surface area contributed by atoms with E-state index >= 15 is 0 Å². The summed E-state index contributed by atoms with van der Waals surface area (Å²) in [5.74, 6) is 0. The predicted octanol–water partition coefficient (Wildman–Crippen LogP) is 3.52. The molecule has 2 N–H and O–H groups in total. The lowest BCUT2D eigenvalue weighted by molar-refractivity contribution is 0.149. The zero-order valence-electron chi connectivity index (χ0n) is 12.4. The minimum Gasteiger partial charge on any atom is -0.320 e. The molecule has 1 aliphatic heterocycles. The van der Waals surface area contributed by atoms with Crippen LogP contribution in [-0.2, 0) is 5.54 Å². The molecule has 0 saturated carbocycles. The Hall–Kier alpha value is -0.860. The van der Waals surface area contributed by atoms with Crippen LogP contribution in [0.15, 0.2) is 30.3 Å². The van der Waals surface area contributed by atoms with E-state index in [1.165, 1.54) is 44.3 Å². The molecule has 0 spiro atoms. The molecule has 2 heteroatoms. The van der Waals surface area contributed by atoms with Gasteiger partial charge >= 0.3 is 0 Å². The van der Waals surface area contributed by atoms with Crippen molar-refractivity contribution in [3.8, 4) is 0 Å². The topological polar surface area (TPSA) is 29.3 Å². The average molecular weight is 260 g/mol. The van der Waals surface area contributed by atoms with Gasteiger partial charge in [0.05, 0.1) is 5.54 Å². The molecule has 1 saturated heterocycles. The van der Waals surface area contributed by atoms with Crippen LogP contribution in [0.1, 0.15) is 51.5 Å². The van der Waals surface area contributed by atoms with Gasteiger partial charge in [-0.05, 0) is 44.8 Å². The average Bonchev–Trinajstić information content (AvgIpc) is 2.99. The fourth-order valence-electron chi connectivity index (χ4n) is 3.27. The Morgan fingerprint density at radius 3 is 2.42 bits per heavy atom. The van der Waals surface area contributed by atoms with E-state index in [9.17, 15) is 0 Å². The van der Waals surface area contributed by atoms with Crippen LogP contribution in [0.5, 0.6) is 0 Å². The first-order valence-corrected chi connectivity index (χ1v) is 7.77. The van der Waals surface area contributed by atoms with Crippen molar-refractivity contribution in [1.29, 1.82) is 0 Å². The van der Waals surface area contributed by atoms with Gasteiger partial charge in [0.1, 0.15) is 0 Å². The maximum atomic E-state index is 6.89. The number of nitrogens with two attached hydrogens (primary N) is 1. The molecule has 0 radical (unpaired) electrons. The first-order chi connectivity index (χ1) is 9.18. The van der Waals surface area contributed by atoms with Crippen LogP contribution in [0.4, 0.5) is 0 Å². The lowest BCUT2D eigenvalue weighted by Crippen LogP contribution is -2.54. The largest absolute Gasteiger partial charge is 0.320 e. The minimum atomic E-state index is -0.207. The van der Waals surface area contributed by atoms with Crippen LogP contribution in [0.25, 0.3) is 0 Å². The van der Waals surface area contributed by atoms with Crippen molar-refractivity contribution in [3.63, 3.8) is 0 Å². The fourth-order valence-corrected chi connectivity index (χ4v) is 3.27.